The maximum Gasteiger partial charge on any atom is 0.231 e. The van der Waals surface area contributed by atoms with Gasteiger partial charge in [-0.1, -0.05) is 51.4 Å². The van der Waals surface area contributed by atoms with Crippen molar-refractivity contribution in [3.63, 3.8) is 0 Å². The van der Waals surface area contributed by atoms with Gasteiger partial charge in [0, 0.05) is 16.6 Å². The number of aromatic nitrogens is 2. The van der Waals surface area contributed by atoms with Crippen molar-refractivity contribution in [1.29, 1.82) is 0 Å². The standard InChI is InChI=1S/C16H14BrN3O/c17-14-7-2-1-5-12(14)10-15-19-16(21-20-15)9-11-4-3-6-13(18)8-11/h1-8H,9-10,18H2. The molecule has 0 aliphatic rings. The average Bonchev–Trinajstić information content (AvgIpc) is 2.89. The number of rotatable bonds is 4. The minimum atomic E-state index is 0.591. The molecule has 106 valence electrons. The fraction of sp³-hybridized carbons (Fsp3) is 0.125. The van der Waals surface area contributed by atoms with Gasteiger partial charge in [-0.25, -0.2) is 0 Å². The van der Waals surface area contributed by atoms with Crippen LogP contribution < -0.4 is 5.73 Å². The van der Waals surface area contributed by atoms with E-state index >= 15 is 0 Å². The summed E-state index contributed by atoms with van der Waals surface area (Å²) in [4.78, 5) is 4.43. The molecule has 1 aromatic heterocycles. The summed E-state index contributed by atoms with van der Waals surface area (Å²) >= 11 is 3.52. The predicted octanol–water partition coefficient (Wildman–Crippen LogP) is 3.60. The molecule has 3 aromatic rings. The Kier molecular flexibility index (Phi) is 4.01. The number of hydrogen-bond donors (Lipinski definition) is 1. The average molecular weight is 344 g/mol. The van der Waals surface area contributed by atoms with Crippen LogP contribution in [0.15, 0.2) is 57.5 Å². The lowest BCUT2D eigenvalue weighted by Gasteiger charge is -1.99. The van der Waals surface area contributed by atoms with E-state index in [2.05, 4.69) is 26.1 Å². The fourth-order valence-corrected chi connectivity index (χ4v) is 2.55. The lowest BCUT2D eigenvalue weighted by molar-refractivity contribution is 0.380. The first-order valence-electron chi connectivity index (χ1n) is 6.60. The minimum Gasteiger partial charge on any atom is -0.399 e. The van der Waals surface area contributed by atoms with E-state index in [-0.39, 0.29) is 0 Å². The summed E-state index contributed by atoms with van der Waals surface area (Å²) in [5.41, 5.74) is 8.70. The van der Waals surface area contributed by atoms with E-state index in [0.717, 1.165) is 21.3 Å². The van der Waals surface area contributed by atoms with Gasteiger partial charge in [0.15, 0.2) is 5.82 Å². The Bertz CT molecular complexity index is 755. The summed E-state index contributed by atoms with van der Waals surface area (Å²) in [6.07, 6.45) is 1.23. The van der Waals surface area contributed by atoms with Gasteiger partial charge in [-0.2, -0.15) is 4.98 Å². The Labute approximate surface area is 131 Å². The molecule has 0 unspecified atom stereocenters. The van der Waals surface area contributed by atoms with E-state index in [1.54, 1.807) is 0 Å². The molecule has 0 spiro atoms. The van der Waals surface area contributed by atoms with Crippen LogP contribution in [-0.2, 0) is 12.8 Å². The second kappa shape index (κ2) is 6.10. The second-order valence-corrected chi connectivity index (χ2v) is 5.65. The Morgan fingerprint density at radius 2 is 1.90 bits per heavy atom. The molecule has 0 fully saturated rings. The molecule has 4 nitrogen and oxygen atoms in total. The summed E-state index contributed by atoms with van der Waals surface area (Å²) in [5.74, 6) is 1.28. The molecule has 2 N–H and O–H groups in total. The highest BCUT2D eigenvalue weighted by Crippen LogP contribution is 2.19. The molecule has 0 saturated heterocycles. The van der Waals surface area contributed by atoms with Crippen LogP contribution in [0.4, 0.5) is 5.69 Å². The SMILES string of the molecule is Nc1cccc(Cc2nc(Cc3ccccc3Br)no2)c1. The number of anilines is 1. The van der Waals surface area contributed by atoms with E-state index in [1.165, 1.54) is 0 Å². The molecule has 0 atom stereocenters. The third-order valence-corrected chi connectivity index (χ3v) is 3.90. The van der Waals surface area contributed by atoms with Gasteiger partial charge in [0.2, 0.25) is 5.89 Å². The van der Waals surface area contributed by atoms with Crippen LogP contribution in [0.5, 0.6) is 0 Å². The van der Waals surface area contributed by atoms with E-state index in [4.69, 9.17) is 10.3 Å². The van der Waals surface area contributed by atoms with E-state index in [9.17, 15) is 0 Å². The van der Waals surface area contributed by atoms with Gasteiger partial charge < -0.3 is 10.3 Å². The first kappa shape index (κ1) is 13.8. The maximum absolute atomic E-state index is 5.76. The summed E-state index contributed by atoms with van der Waals surface area (Å²) in [6.45, 7) is 0. The first-order chi connectivity index (χ1) is 10.2. The van der Waals surface area contributed by atoms with Crippen LogP contribution >= 0.6 is 15.9 Å². The molecule has 5 heteroatoms. The normalized spacial score (nSPS) is 10.7. The zero-order valence-electron chi connectivity index (χ0n) is 11.3. The molecule has 0 bridgehead atoms. The van der Waals surface area contributed by atoms with E-state index in [1.807, 2.05) is 48.5 Å². The molecule has 0 saturated carbocycles. The molecule has 0 amide bonds. The summed E-state index contributed by atoms with van der Waals surface area (Å²) in [5, 5.41) is 4.03. The highest BCUT2D eigenvalue weighted by molar-refractivity contribution is 9.10. The van der Waals surface area contributed by atoms with Crippen LogP contribution in [-0.4, -0.2) is 10.1 Å². The molecule has 21 heavy (non-hydrogen) atoms. The quantitative estimate of drug-likeness (QED) is 0.735. The molecule has 0 aliphatic heterocycles. The summed E-state index contributed by atoms with van der Waals surface area (Å²) in [6, 6.07) is 15.7. The van der Waals surface area contributed by atoms with Gasteiger partial charge in [0.1, 0.15) is 0 Å². The van der Waals surface area contributed by atoms with Crippen LogP contribution in [0, 0.1) is 0 Å². The molecule has 2 aromatic carbocycles. The highest BCUT2D eigenvalue weighted by atomic mass is 79.9. The molecular formula is C16H14BrN3O. The number of benzene rings is 2. The highest BCUT2D eigenvalue weighted by Gasteiger charge is 2.09. The van der Waals surface area contributed by atoms with Crippen molar-refractivity contribution < 1.29 is 4.52 Å². The van der Waals surface area contributed by atoms with Crippen LogP contribution in [0.3, 0.4) is 0 Å². The maximum atomic E-state index is 5.76. The number of nitrogens with two attached hydrogens (primary N) is 1. The van der Waals surface area contributed by atoms with Gasteiger partial charge in [-0.05, 0) is 29.3 Å². The predicted molar refractivity (Wildman–Crippen MR) is 84.9 cm³/mol. The van der Waals surface area contributed by atoms with Crippen molar-refractivity contribution in [2.75, 3.05) is 5.73 Å². The molecule has 0 radical (unpaired) electrons. The zero-order chi connectivity index (χ0) is 14.7. The van der Waals surface area contributed by atoms with Gasteiger partial charge in [0.25, 0.3) is 0 Å². The molecular weight excluding hydrogens is 330 g/mol. The summed E-state index contributed by atoms with van der Waals surface area (Å²) < 4.78 is 6.35. The smallest absolute Gasteiger partial charge is 0.231 e. The van der Waals surface area contributed by atoms with E-state index in [0.29, 0.717) is 24.6 Å². The lowest BCUT2D eigenvalue weighted by atomic mass is 10.1. The van der Waals surface area contributed by atoms with Gasteiger partial charge in [-0.15, -0.1) is 0 Å². The number of hydrogen-bond acceptors (Lipinski definition) is 4. The Hall–Kier alpha value is -2.14. The van der Waals surface area contributed by atoms with Crippen LogP contribution in [0.25, 0.3) is 0 Å². The third-order valence-electron chi connectivity index (χ3n) is 3.12. The largest absolute Gasteiger partial charge is 0.399 e. The Morgan fingerprint density at radius 3 is 2.71 bits per heavy atom. The van der Waals surface area contributed by atoms with E-state index < -0.39 is 0 Å². The molecule has 1 heterocycles. The van der Waals surface area contributed by atoms with Crippen molar-refractivity contribution in [3.05, 3.63) is 75.8 Å². The van der Waals surface area contributed by atoms with Crippen molar-refractivity contribution in [3.8, 4) is 0 Å². The Morgan fingerprint density at radius 1 is 1.05 bits per heavy atom. The van der Waals surface area contributed by atoms with Crippen LogP contribution in [0.2, 0.25) is 0 Å². The van der Waals surface area contributed by atoms with Gasteiger partial charge in [-0.3, -0.25) is 0 Å². The fourth-order valence-electron chi connectivity index (χ4n) is 2.12. The Balaban J connectivity index is 1.73. The number of nitrogen functional groups attached to an aromatic ring is 1. The first-order valence-corrected chi connectivity index (χ1v) is 7.39. The minimum absolute atomic E-state index is 0.591. The van der Waals surface area contributed by atoms with Gasteiger partial charge >= 0.3 is 0 Å². The summed E-state index contributed by atoms with van der Waals surface area (Å²) in [7, 11) is 0. The number of halogens is 1. The lowest BCUT2D eigenvalue weighted by Crippen LogP contribution is -1.94. The molecule has 0 aliphatic carbocycles. The van der Waals surface area contributed by atoms with Crippen molar-refractivity contribution >= 4 is 21.6 Å². The zero-order valence-corrected chi connectivity index (χ0v) is 12.9. The monoisotopic (exact) mass is 343 g/mol. The van der Waals surface area contributed by atoms with Crippen molar-refractivity contribution in [2.24, 2.45) is 0 Å². The van der Waals surface area contributed by atoms with Crippen molar-refractivity contribution in [1.82, 2.24) is 10.1 Å². The molecule has 3 rings (SSSR count). The van der Waals surface area contributed by atoms with Crippen LogP contribution in [0.1, 0.15) is 22.8 Å². The van der Waals surface area contributed by atoms with Gasteiger partial charge in [0.05, 0.1) is 6.42 Å². The second-order valence-electron chi connectivity index (χ2n) is 4.79. The third kappa shape index (κ3) is 3.49. The topological polar surface area (TPSA) is 64.9 Å². The number of nitrogens with zero attached hydrogens (tertiary/aromatic N) is 2. The van der Waals surface area contributed by atoms with Crippen molar-refractivity contribution in [2.45, 2.75) is 12.8 Å².